The number of nitrogens with zero attached hydrogens (tertiary/aromatic N) is 1. The lowest BCUT2D eigenvalue weighted by molar-refractivity contribution is -0.268. The second kappa shape index (κ2) is 2.65. The quantitative estimate of drug-likeness (QED) is 0.390. The van der Waals surface area contributed by atoms with E-state index in [-0.39, 0.29) is 10.9 Å². The molecular formula is C6H7N2O3-. The molecule has 1 aromatic rings. The molecule has 5 nitrogen and oxygen atoms in total. The molecule has 0 saturated carbocycles. The fourth-order valence-corrected chi connectivity index (χ4v) is 0.691. The molecule has 0 aliphatic rings. The molecule has 0 aromatic heterocycles. The molecule has 0 spiro atoms. The zero-order chi connectivity index (χ0) is 8.43. The topological polar surface area (TPSA) is 92.8 Å². The van der Waals surface area contributed by atoms with Gasteiger partial charge in [0.15, 0.2) is 0 Å². The van der Waals surface area contributed by atoms with Gasteiger partial charge in [0.2, 0.25) is 0 Å². The van der Waals surface area contributed by atoms with Crippen molar-refractivity contribution >= 4 is 11.4 Å². The SMILES string of the molecule is Nc1ccc([O-])c(N(O)O)c1. The number of nitrogens with two attached hydrogens (primary N) is 1. The summed E-state index contributed by atoms with van der Waals surface area (Å²) in [5, 5.41) is 27.5. The first kappa shape index (κ1) is 7.64. The Kier molecular flexibility index (Phi) is 1.84. The van der Waals surface area contributed by atoms with Gasteiger partial charge in [-0.3, -0.25) is 10.4 Å². The summed E-state index contributed by atoms with van der Waals surface area (Å²) < 4.78 is 0. The van der Waals surface area contributed by atoms with Crippen molar-refractivity contribution in [3.63, 3.8) is 0 Å². The fourth-order valence-electron chi connectivity index (χ4n) is 0.691. The Labute approximate surface area is 62.8 Å². The molecule has 5 heteroatoms. The van der Waals surface area contributed by atoms with Gasteiger partial charge >= 0.3 is 0 Å². The largest absolute Gasteiger partial charge is 0.871 e. The molecule has 0 atom stereocenters. The minimum Gasteiger partial charge on any atom is -0.871 e. The zero-order valence-corrected chi connectivity index (χ0v) is 5.56. The molecule has 0 saturated heterocycles. The minimum absolute atomic E-state index is 0.251. The van der Waals surface area contributed by atoms with Gasteiger partial charge in [-0.1, -0.05) is 11.8 Å². The average Bonchev–Trinajstić information content (AvgIpc) is 1.94. The molecule has 1 rings (SSSR count). The monoisotopic (exact) mass is 155 g/mol. The molecule has 1 aromatic carbocycles. The third-order valence-electron chi connectivity index (χ3n) is 1.20. The summed E-state index contributed by atoms with van der Waals surface area (Å²) in [4.78, 5) is 0. The lowest BCUT2D eigenvalue weighted by Crippen LogP contribution is -2.13. The molecular weight excluding hydrogens is 148 g/mol. The molecule has 0 radical (unpaired) electrons. The van der Waals surface area contributed by atoms with Crippen molar-refractivity contribution in [2.24, 2.45) is 0 Å². The van der Waals surface area contributed by atoms with Gasteiger partial charge < -0.3 is 10.8 Å². The Morgan fingerprint density at radius 1 is 1.36 bits per heavy atom. The van der Waals surface area contributed by atoms with Crippen LogP contribution < -0.4 is 16.1 Å². The Morgan fingerprint density at radius 2 is 2.00 bits per heavy atom. The van der Waals surface area contributed by atoms with E-state index >= 15 is 0 Å². The van der Waals surface area contributed by atoms with Crippen LogP contribution in [0.1, 0.15) is 0 Å². The summed E-state index contributed by atoms with van der Waals surface area (Å²) in [6.45, 7) is 0. The van der Waals surface area contributed by atoms with Crippen LogP contribution in [0.3, 0.4) is 0 Å². The minimum atomic E-state index is -0.496. The molecule has 60 valence electrons. The van der Waals surface area contributed by atoms with Gasteiger partial charge in [0.05, 0.1) is 5.69 Å². The van der Waals surface area contributed by atoms with Gasteiger partial charge in [0.1, 0.15) is 0 Å². The lowest BCUT2D eigenvalue weighted by atomic mass is 10.2. The predicted molar refractivity (Wildman–Crippen MR) is 36.4 cm³/mol. The van der Waals surface area contributed by atoms with E-state index in [1.165, 1.54) is 12.1 Å². The Bertz CT molecular complexity index is 262. The van der Waals surface area contributed by atoms with Gasteiger partial charge in [0.25, 0.3) is 0 Å². The lowest BCUT2D eigenvalue weighted by Gasteiger charge is -2.16. The highest BCUT2D eigenvalue weighted by molar-refractivity contribution is 5.61. The van der Waals surface area contributed by atoms with Crippen LogP contribution in [0.15, 0.2) is 18.2 Å². The van der Waals surface area contributed by atoms with E-state index < -0.39 is 5.75 Å². The molecule has 0 amide bonds. The highest BCUT2D eigenvalue weighted by Crippen LogP contribution is 2.24. The number of hydrogen-bond donors (Lipinski definition) is 3. The summed E-state index contributed by atoms with van der Waals surface area (Å²) in [6, 6.07) is 3.71. The van der Waals surface area contributed by atoms with Crippen LogP contribution in [0.4, 0.5) is 11.4 Å². The van der Waals surface area contributed by atoms with E-state index in [1.54, 1.807) is 0 Å². The highest BCUT2D eigenvalue weighted by atomic mass is 16.8. The molecule has 0 heterocycles. The van der Waals surface area contributed by atoms with Gasteiger partial charge in [0, 0.05) is 5.69 Å². The Balaban J connectivity index is 3.13. The standard InChI is InChI=1S/C6H8N2O3/c7-4-1-2-6(9)5(3-4)8(10)11/h1-3,9-11H,7H2/p-1. The first-order valence-electron chi connectivity index (χ1n) is 2.85. The average molecular weight is 155 g/mol. The number of rotatable bonds is 1. The number of anilines is 2. The third-order valence-corrected chi connectivity index (χ3v) is 1.20. The Morgan fingerprint density at radius 3 is 2.45 bits per heavy atom. The van der Waals surface area contributed by atoms with Crippen molar-refractivity contribution in [3.8, 4) is 5.75 Å². The number of nitrogen functional groups attached to an aromatic ring is 1. The summed E-state index contributed by atoms with van der Waals surface area (Å²) in [5.74, 6) is -0.496. The van der Waals surface area contributed by atoms with E-state index in [1.807, 2.05) is 0 Å². The van der Waals surface area contributed by atoms with E-state index in [0.717, 1.165) is 6.07 Å². The molecule has 0 fully saturated rings. The number of hydrogen-bond acceptors (Lipinski definition) is 5. The number of benzene rings is 1. The third kappa shape index (κ3) is 1.51. The summed E-state index contributed by atoms with van der Waals surface area (Å²) in [6.07, 6.45) is 0. The fraction of sp³-hybridized carbons (Fsp3) is 0. The van der Waals surface area contributed by atoms with Gasteiger partial charge in [-0.2, -0.15) is 0 Å². The zero-order valence-electron chi connectivity index (χ0n) is 5.56. The van der Waals surface area contributed by atoms with Gasteiger partial charge in [-0.15, -0.1) is 5.23 Å². The maximum atomic E-state index is 10.8. The summed E-state index contributed by atoms with van der Waals surface area (Å²) in [5.41, 5.74) is 5.32. The molecule has 0 unspecified atom stereocenters. The van der Waals surface area contributed by atoms with Crippen LogP contribution in [0.25, 0.3) is 0 Å². The van der Waals surface area contributed by atoms with Crippen LogP contribution in [0.2, 0.25) is 0 Å². The van der Waals surface area contributed by atoms with Gasteiger partial charge in [-0.25, -0.2) is 0 Å². The second-order valence-corrected chi connectivity index (χ2v) is 2.02. The maximum absolute atomic E-state index is 10.8. The van der Waals surface area contributed by atoms with Crippen molar-refractivity contribution in [3.05, 3.63) is 18.2 Å². The van der Waals surface area contributed by atoms with Crippen molar-refractivity contribution in [2.75, 3.05) is 11.0 Å². The first-order chi connectivity index (χ1) is 5.11. The Hall–Kier alpha value is -1.46. The van der Waals surface area contributed by atoms with E-state index in [2.05, 4.69) is 0 Å². The normalized spacial score (nSPS) is 9.64. The summed E-state index contributed by atoms with van der Waals surface area (Å²) >= 11 is 0. The van der Waals surface area contributed by atoms with Crippen LogP contribution in [0.5, 0.6) is 5.75 Å². The second-order valence-electron chi connectivity index (χ2n) is 2.02. The van der Waals surface area contributed by atoms with Crippen LogP contribution in [0, 0.1) is 0 Å². The molecule has 0 aliphatic heterocycles. The highest BCUT2D eigenvalue weighted by Gasteiger charge is 1.99. The van der Waals surface area contributed by atoms with Crippen molar-refractivity contribution < 1.29 is 15.5 Å². The van der Waals surface area contributed by atoms with E-state index in [9.17, 15) is 5.11 Å². The van der Waals surface area contributed by atoms with E-state index in [4.69, 9.17) is 16.1 Å². The van der Waals surface area contributed by atoms with Crippen LogP contribution in [-0.2, 0) is 0 Å². The predicted octanol–water partition coefficient (Wildman–Crippen LogP) is -0.0728. The molecule has 0 aliphatic carbocycles. The smallest absolute Gasteiger partial charge is 0.0885 e. The van der Waals surface area contributed by atoms with Crippen LogP contribution >= 0.6 is 0 Å². The van der Waals surface area contributed by atoms with Crippen molar-refractivity contribution in [2.45, 2.75) is 0 Å². The molecule has 4 N–H and O–H groups in total. The van der Waals surface area contributed by atoms with Crippen LogP contribution in [-0.4, -0.2) is 10.4 Å². The summed E-state index contributed by atoms with van der Waals surface area (Å²) in [7, 11) is 0. The molecule has 0 bridgehead atoms. The maximum Gasteiger partial charge on any atom is 0.0885 e. The molecule has 11 heavy (non-hydrogen) atoms. The first-order valence-corrected chi connectivity index (χ1v) is 2.85. The van der Waals surface area contributed by atoms with Gasteiger partial charge in [-0.05, 0) is 12.1 Å². The van der Waals surface area contributed by atoms with E-state index in [0.29, 0.717) is 5.69 Å². The van der Waals surface area contributed by atoms with Crippen molar-refractivity contribution in [1.29, 1.82) is 0 Å². The van der Waals surface area contributed by atoms with Crippen molar-refractivity contribution in [1.82, 2.24) is 0 Å².